The predicted octanol–water partition coefficient (Wildman–Crippen LogP) is 0.231. The molecular weight excluding hydrogens is 118 g/mol. The van der Waals surface area contributed by atoms with Crippen molar-refractivity contribution in [1.82, 2.24) is 0 Å². The standard InChI is InChI=1S/C6H9NO2/c7-3-5-1-2-9-6(5)4-8/h1-2,8H,3-4,7H2. The molecule has 1 aromatic rings. The minimum absolute atomic E-state index is 0.0699. The van der Waals surface area contributed by atoms with E-state index in [2.05, 4.69) is 0 Å². The maximum atomic E-state index is 8.59. The third-order valence-corrected chi connectivity index (χ3v) is 1.20. The summed E-state index contributed by atoms with van der Waals surface area (Å²) in [7, 11) is 0. The van der Waals surface area contributed by atoms with Gasteiger partial charge in [-0.15, -0.1) is 0 Å². The van der Waals surface area contributed by atoms with Gasteiger partial charge in [0.2, 0.25) is 0 Å². The molecule has 9 heavy (non-hydrogen) atoms. The summed E-state index contributed by atoms with van der Waals surface area (Å²) in [6.45, 7) is 0.353. The van der Waals surface area contributed by atoms with Crippen LogP contribution in [0.1, 0.15) is 11.3 Å². The van der Waals surface area contributed by atoms with Gasteiger partial charge in [0.25, 0.3) is 0 Å². The lowest BCUT2D eigenvalue weighted by molar-refractivity contribution is 0.245. The van der Waals surface area contributed by atoms with Gasteiger partial charge < -0.3 is 15.3 Å². The molecule has 1 aromatic heterocycles. The molecule has 0 amide bonds. The SMILES string of the molecule is NCc1ccoc1CO. The predicted molar refractivity (Wildman–Crippen MR) is 32.5 cm³/mol. The molecule has 0 unspecified atom stereocenters. The number of hydrogen-bond donors (Lipinski definition) is 2. The van der Waals surface area contributed by atoms with E-state index in [1.807, 2.05) is 0 Å². The average Bonchev–Trinajstić information content (AvgIpc) is 2.33. The lowest BCUT2D eigenvalue weighted by Gasteiger charge is -1.91. The van der Waals surface area contributed by atoms with E-state index in [0.717, 1.165) is 5.56 Å². The molecule has 0 radical (unpaired) electrons. The van der Waals surface area contributed by atoms with Gasteiger partial charge in [-0.2, -0.15) is 0 Å². The fraction of sp³-hybridized carbons (Fsp3) is 0.333. The number of nitrogens with two attached hydrogens (primary N) is 1. The Morgan fingerprint density at radius 1 is 1.67 bits per heavy atom. The summed E-state index contributed by atoms with van der Waals surface area (Å²) < 4.78 is 4.87. The van der Waals surface area contributed by atoms with E-state index in [9.17, 15) is 0 Å². The van der Waals surface area contributed by atoms with Crippen LogP contribution < -0.4 is 5.73 Å². The first kappa shape index (κ1) is 6.32. The van der Waals surface area contributed by atoms with E-state index >= 15 is 0 Å². The van der Waals surface area contributed by atoms with Crippen LogP contribution in [-0.4, -0.2) is 5.11 Å². The first-order chi connectivity index (χ1) is 4.38. The second-order valence-corrected chi connectivity index (χ2v) is 1.73. The van der Waals surface area contributed by atoms with Crippen LogP contribution in [0.15, 0.2) is 16.7 Å². The lowest BCUT2D eigenvalue weighted by Crippen LogP contribution is -1.97. The van der Waals surface area contributed by atoms with Gasteiger partial charge in [0, 0.05) is 12.1 Å². The van der Waals surface area contributed by atoms with Crippen molar-refractivity contribution in [2.75, 3.05) is 0 Å². The summed E-state index contributed by atoms with van der Waals surface area (Å²) in [6.07, 6.45) is 1.52. The number of furan rings is 1. The van der Waals surface area contributed by atoms with Gasteiger partial charge >= 0.3 is 0 Å². The van der Waals surface area contributed by atoms with Crippen LogP contribution in [0, 0.1) is 0 Å². The normalized spacial score (nSPS) is 10.0. The largest absolute Gasteiger partial charge is 0.467 e. The van der Waals surface area contributed by atoms with Crippen LogP contribution in [0.25, 0.3) is 0 Å². The topological polar surface area (TPSA) is 59.4 Å². The van der Waals surface area contributed by atoms with Crippen molar-refractivity contribution >= 4 is 0 Å². The van der Waals surface area contributed by atoms with Crippen molar-refractivity contribution in [1.29, 1.82) is 0 Å². The van der Waals surface area contributed by atoms with Crippen molar-refractivity contribution in [3.05, 3.63) is 23.7 Å². The van der Waals surface area contributed by atoms with Crippen LogP contribution in [0.4, 0.5) is 0 Å². The van der Waals surface area contributed by atoms with E-state index < -0.39 is 0 Å². The zero-order valence-electron chi connectivity index (χ0n) is 5.00. The zero-order valence-corrected chi connectivity index (χ0v) is 5.00. The molecule has 1 heterocycles. The number of hydrogen-bond acceptors (Lipinski definition) is 3. The minimum atomic E-state index is -0.0699. The smallest absolute Gasteiger partial charge is 0.133 e. The van der Waals surface area contributed by atoms with Crippen LogP contribution in [-0.2, 0) is 13.2 Å². The molecule has 3 nitrogen and oxygen atoms in total. The molecule has 0 aromatic carbocycles. The van der Waals surface area contributed by atoms with Crippen molar-refractivity contribution in [3.8, 4) is 0 Å². The molecule has 0 bridgehead atoms. The highest BCUT2D eigenvalue weighted by Crippen LogP contribution is 2.08. The molecule has 3 heteroatoms. The Hall–Kier alpha value is -0.800. The number of aliphatic hydroxyl groups excluding tert-OH is 1. The van der Waals surface area contributed by atoms with E-state index in [4.69, 9.17) is 15.3 Å². The first-order valence-electron chi connectivity index (χ1n) is 2.74. The van der Waals surface area contributed by atoms with E-state index in [0.29, 0.717) is 12.3 Å². The van der Waals surface area contributed by atoms with Crippen LogP contribution >= 0.6 is 0 Å². The Bertz CT molecular complexity index is 164. The van der Waals surface area contributed by atoms with Crippen molar-refractivity contribution in [2.24, 2.45) is 5.73 Å². The molecule has 0 spiro atoms. The highest BCUT2D eigenvalue weighted by molar-refractivity contribution is 5.15. The summed E-state index contributed by atoms with van der Waals surface area (Å²) in [4.78, 5) is 0. The summed E-state index contributed by atoms with van der Waals surface area (Å²) in [5.41, 5.74) is 6.17. The van der Waals surface area contributed by atoms with Gasteiger partial charge in [-0.3, -0.25) is 0 Å². The molecule has 0 saturated carbocycles. The van der Waals surface area contributed by atoms with Gasteiger partial charge in [0.05, 0.1) is 6.26 Å². The van der Waals surface area contributed by atoms with E-state index in [1.54, 1.807) is 6.07 Å². The third-order valence-electron chi connectivity index (χ3n) is 1.20. The maximum absolute atomic E-state index is 8.59. The molecule has 1 rings (SSSR count). The highest BCUT2D eigenvalue weighted by atomic mass is 16.4. The monoisotopic (exact) mass is 127 g/mol. The third kappa shape index (κ3) is 1.12. The summed E-state index contributed by atoms with van der Waals surface area (Å²) in [5.74, 6) is 0.567. The Balaban J connectivity index is 2.85. The zero-order chi connectivity index (χ0) is 6.69. The molecule has 3 N–H and O–H groups in total. The Kier molecular flexibility index (Phi) is 1.87. The van der Waals surface area contributed by atoms with Gasteiger partial charge in [0.15, 0.2) is 0 Å². The first-order valence-corrected chi connectivity index (χ1v) is 2.74. The van der Waals surface area contributed by atoms with Crippen LogP contribution in [0.5, 0.6) is 0 Å². The second-order valence-electron chi connectivity index (χ2n) is 1.73. The molecule has 0 fully saturated rings. The van der Waals surface area contributed by atoms with Gasteiger partial charge in [-0.05, 0) is 6.07 Å². The fourth-order valence-electron chi connectivity index (χ4n) is 0.688. The van der Waals surface area contributed by atoms with Gasteiger partial charge in [-0.25, -0.2) is 0 Å². The van der Waals surface area contributed by atoms with Gasteiger partial charge in [0.1, 0.15) is 12.4 Å². The highest BCUT2D eigenvalue weighted by Gasteiger charge is 2.00. The molecule has 0 aliphatic rings. The van der Waals surface area contributed by atoms with Crippen molar-refractivity contribution in [3.63, 3.8) is 0 Å². The minimum Gasteiger partial charge on any atom is -0.467 e. The van der Waals surface area contributed by atoms with Crippen LogP contribution in [0.3, 0.4) is 0 Å². The van der Waals surface area contributed by atoms with Crippen molar-refractivity contribution < 1.29 is 9.52 Å². The fourth-order valence-corrected chi connectivity index (χ4v) is 0.688. The molecule has 0 aliphatic carbocycles. The Morgan fingerprint density at radius 3 is 2.89 bits per heavy atom. The lowest BCUT2D eigenvalue weighted by atomic mass is 10.2. The molecule has 0 saturated heterocycles. The number of rotatable bonds is 2. The summed E-state index contributed by atoms with van der Waals surface area (Å²) in [5, 5.41) is 8.59. The summed E-state index contributed by atoms with van der Waals surface area (Å²) in [6, 6.07) is 1.76. The van der Waals surface area contributed by atoms with E-state index in [-0.39, 0.29) is 6.61 Å². The second kappa shape index (κ2) is 2.66. The molecule has 0 aliphatic heterocycles. The van der Waals surface area contributed by atoms with Gasteiger partial charge in [-0.1, -0.05) is 0 Å². The number of aliphatic hydroxyl groups is 1. The Morgan fingerprint density at radius 2 is 2.44 bits per heavy atom. The maximum Gasteiger partial charge on any atom is 0.133 e. The molecule has 0 atom stereocenters. The Labute approximate surface area is 53.1 Å². The van der Waals surface area contributed by atoms with Crippen molar-refractivity contribution in [2.45, 2.75) is 13.2 Å². The van der Waals surface area contributed by atoms with E-state index in [1.165, 1.54) is 6.26 Å². The molecule has 50 valence electrons. The summed E-state index contributed by atoms with van der Waals surface area (Å²) >= 11 is 0. The molecular formula is C6H9NO2. The van der Waals surface area contributed by atoms with Crippen LogP contribution in [0.2, 0.25) is 0 Å². The quantitative estimate of drug-likeness (QED) is 0.597. The average molecular weight is 127 g/mol.